The summed E-state index contributed by atoms with van der Waals surface area (Å²) in [5.74, 6) is 0. The van der Waals surface area contributed by atoms with Gasteiger partial charge in [0.2, 0.25) is 5.30 Å². The lowest BCUT2D eigenvalue weighted by atomic mass is 9.97. The van der Waals surface area contributed by atoms with E-state index in [0.29, 0.717) is 11.8 Å². The number of halogens is 4. The van der Waals surface area contributed by atoms with Crippen LogP contribution in [0.1, 0.15) is 6.42 Å². The number of aliphatic hydroxyl groups excluding tert-OH is 2. The Balaban J connectivity index is 2.07. The molecular formula is C8H9F4NO3S. The van der Waals surface area contributed by atoms with Crippen LogP contribution in [0.15, 0.2) is 4.99 Å². The Morgan fingerprint density at radius 1 is 1.47 bits per heavy atom. The molecule has 0 spiro atoms. The standard InChI is InChI=1S/C8H9F4NO3S/c9-7-13-2-1-3(14)4(16-6(2)17-7)5(15)8(10,11)12/h2-6,14-15H,1H2/t2?,3?,4?,5-,6?/m0/s1. The molecule has 0 aromatic heterocycles. The minimum absolute atomic E-state index is 0.164. The molecule has 2 rings (SSSR count). The second-order valence-electron chi connectivity index (χ2n) is 3.83. The highest BCUT2D eigenvalue weighted by atomic mass is 32.2. The molecule has 2 aliphatic rings. The number of aliphatic hydroxyl groups is 2. The molecule has 0 amide bonds. The van der Waals surface area contributed by atoms with E-state index in [2.05, 4.69) is 4.99 Å². The third-order valence-electron chi connectivity index (χ3n) is 2.59. The predicted octanol–water partition coefficient (Wildman–Crippen LogP) is 0.826. The molecule has 1 fully saturated rings. The maximum Gasteiger partial charge on any atom is 0.417 e. The SMILES string of the molecule is OC1CC2N=C(F)SC2OC1[C@H](O)C(F)(F)F. The Bertz CT molecular complexity index is 337. The number of aliphatic imine (C=N–C) groups is 1. The van der Waals surface area contributed by atoms with Crippen LogP contribution in [0.4, 0.5) is 17.6 Å². The molecule has 2 aliphatic heterocycles. The number of hydrogen-bond acceptors (Lipinski definition) is 5. The number of rotatable bonds is 1. The Morgan fingerprint density at radius 2 is 2.12 bits per heavy atom. The average Bonchev–Trinajstić information content (AvgIpc) is 2.53. The van der Waals surface area contributed by atoms with Crippen molar-refractivity contribution >= 4 is 17.1 Å². The number of alkyl halides is 3. The molecule has 0 aromatic rings. The van der Waals surface area contributed by atoms with Gasteiger partial charge in [-0.05, 0) is 11.8 Å². The molecule has 17 heavy (non-hydrogen) atoms. The summed E-state index contributed by atoms with van der Waals surface area (Å²) in [6.45, 7) is 0. The van der Waals surface area contributed by atoms with Crippen molar-refractivity contribution in [2.45, 2.75) is 42.4 Å². The van der Waals surface area contributed by atoms with Gasteiger partial charge < -0.3 is 14.9 Å². The van der Waals surface area contributed by atoms with Gasteiger partial charge in [-0.3, -0.25) is 0 Å². The summed E-state index contributed by atoms with van der Waals surface area (Å²) in [7, 11) is 0. The van der Waals surface area contributed by atoms with E-state index in [-0.39, 0.29) is 6.42 Å². The fourth-order valence-electron chi connectivity index (χ4n) is 1.78. The Labute approximate surface area is 97.7 Å². The van der Waals surface area contributed by atoms with Gasteiger partial charge >= 0.3 is 6.18 Å². The van der Waals surface area contributed by atoms with Crippen LogP contribution in [-0.4, -0.2) is 51.5 Å². The van der Waals surface area contributed by atoms with Crippen molar-refractivity contribution in [3.63, 3.8) is 0 Å². The normalized spacial score (nSPS) is 39.8. The van der Waals surface area contributed by atoms with E-state index in [9.17, 15) is 22.7 Å². The van der Waals surface area contributed by atoms with Crippen molar-refractivity contribution in [1.82, 2.24) is 0 Å². The molecule has 4 nitrogen and oxygen atoms in total. The summed E-state index contributed by atoms with van der Waals surface area (Å²) in [4.78, 5) is 3.48. The van der Waals surface area contributed by atoms with Gasteiger partial charge in [0.25, 0.3) is 0 Å². The Hall–Kier alpha value is -0.380. The fraction of sp³-hybridized carbons (Fsp3) is 0.875. The molecule has 2 N–H and O–H groups in total. The van der Waals surface area contributed by atoms with Gasteiger partial charge in [0.15, 0.2) is 6.10 Å². The summed E-state index contributed by atoms with van der Waals surface area (Å²) >= 11 is 0.555. The number of thioether (sulfide) groups is 1. The Kier molecular flexibility index (Phi) is 3.36. The molecule has 0 aromatic carbocycles. The van der Waals surface area contributed by atoms with Crippen LogP contribution in [-0.2, 0) is 4.74 Å². The van der Waals surface area contributed by atoms with Gasteiger partial charge in [0.1, 0.15) is 11.5 Å². The second kappa shape index (κ2) is 4.38. The highest BCUT2D eigenvalue weighted by Crippen LogP contribution is 2.39. The second-order valence-corrected chi connectivity index (χ2v) is 4.86. The lowest BCUT2D eigenvalue weighted by Crippen LogP contribution is -2.54. The smallest absolute Gasteiger partial charge is 0.390 e. The molecule has 9 heteroatoms. The van der Waals surface area contributed by atoms with Gasteiger partial charge in [0, 0.05) is 6.42 Å². The Morgan fingerprint density at radius 3 is 2.71 bits per heavy atom. The summed E-state index contributed by atoms with van der Waals surface area (Å²) in [6.07, 6.45) is -11.2. The van der Waals surface area contributed by atoms with Crippen molar-refractivity contribution in [2.75, 3.05) is 0 Å². The lowest BCUT2D eigenvalue weighted by molar-refractivity contribution is -0.260. The van der Waals surface area contributed by atoms with Crippen LogP contribution in [0.25, 0.3) is 0 Å². The molecule has 0 bridgehead atoms. The summed E-state index contributed by atoms with van der Waals surface area (Å²) in [5, 5.41) is 17.7. The van der Waals surface area contributed by atoms with E-state index in [4.69, 9.17) is 9.84 Å². The summed E-state index contributed by atoms with van der Waals surface area (Å²) < 4.78 is 54.5. The first kappa shape index (κ1) is 13.1. The number of ether oxygens (including phenoxy) is 1. The molecule has 0 aliphatic carbocycles. The molecule has 1 saturated heterocycles. The molecule has 5 atom stereocenters. The van der Waals surface area contributed by atoms with E-state index < -0.39 is 41.3 Å². The third-order valence-corrected chi connectivity index (χ3v) is 3.55. The van der Waals surface area contributed by atoms with Gasteiger partial charge in [-0.15, -0.1) is 0 Å². The van der Waals surface area contributed by atoms with Gasteiger partial charge in [-0.2, -0.15) is 17.6 Å². The molecule has 0 saturated carbocycles. The van der Waals surface area contributed by atoms with Crippen molar-refractivity contribution < 1.29 is 32.5 Å². The molecule has 0 radical (unpaired) electrons. The van der Waals surface area contributed by atoms with Crippen LogP contribution in [0.5, 0.6) is 0 Å². The van der Waals surface area contributed by atoms with E-state index in [0.717, 1.165) is 0 Å². The van der Waals surface area contributed by atoms with Crippen LogP contribution < -0.4 is 0 Å². The topological polar surface area (TPSA) is 62.1 Å². The monoisotopic (exact) mass is 275 g/mol. The largest absolute Gasteiger partial charge is 0.417 e. The number of hydrogen-bond donors (Lipinski definition) is 2. The quantitative estimate of drug-likeness (QED) is 0.696. The average molecular weight is 275 g/mol. The maximum atomic E-state index is 12.8. The summed E-state index contributed by atoms with van der Waals surface area (Å²) in [6, 6.07) is -0.702. The van der Waals surface area contributed by atoms with E-state index in [1.165, 1.54) is 0 Å². The lowest BCUT2D eigenvalue weighted by Gasteiger charge is -2.37. The molecular weight excluding hydrogens is 266 g/mol. The minimum atomic E-state index is -4.89. The van der Waals surface area contributed by atoms with Crippen LogP contribution in [0.2, 0.25) is 0 Å². The van der Waals surface area contributed by atoms with Gasteiger partial charge in [-0.25, -0.2) is 4.99 Å². The highest BCUT2D eigenvalue weighted by molar-refractivity contribution is 8.14. The van der Waals surface area contributed by atoms with Crippen molar-refractivity contribution in [3.05, 3.63) is 0 Å². The maximum absolute atomic E-state index is 12.8. The van der Waals surface area contributed by atoms with Crippen molar-refractivity contribution in [2.24, 2.45) is 4.99 Å². The van der Waals surface area contributed by atoms with Gasteiger partial charge in [0.05, 0.1) is 12.1 Å². The molecule has 98 valence electrons. The minimum Gasteiger partial charge on any atom is -0.390 e. The number of fused-ring (bicyclic) bond motifs is 1. The first-order valence-electron chi connectivity index (χ1n) is 4.77. The third kappa shape index (κ3) is 2.56. The highest BCUT2D eigenvalue weighted by Gasteiger charge is 2.52. The van der Waals surface area contributed by atoms with Crippen molar-refractivity contribution in [1.29, 1.82) is 0 Å². The van der Waals surface area contributed by atoms with Crippen LogP contribution in [0, 0.1) is 0 Å². The fourth-order valence-corrected chi connectivity index (χ4v) is 2.68. The number of nitrogens with zero attached hydrogens (tertiary/aromatic N) is 1. The van der Waals surface area contributed by atoms with E-state index in [1.54, 1.807) is 0 Å². The summed E-state index contributed by atoms with van der Waals surface area (Å²) in [5.41, 5.74) is -0.916. The van der Waals surface area contributed by atoms with Crippen molar-refractivity contribution in [3.8, 4) is 0 Å². The molecule has 2 heterocycles. The zero-order valence-corrected chi connectivity index (χ0v) is 9.08. The first-order valence-corrected chi connectivity index (χ1v) is 5.65. The van der Waals surface area contributed by atoms with Gasteiger partial charge in [-0.1, -0.05) is 0 Å². The van der Waals surface area contributed by atoms with E-state index >= 15 is 0 Å². The first-order chi connectivity index (χ1) is 7.79. The van der Waals surface area contributed by atoms with Crippen LogP contribution in [0.3, 0.4) is 0 Å². The zero-order valence-electron chi connectivity index (χ0n) is 8.26. The zero-order chi connectivity index (χ0) is 12.8. The van der Waals surface area contributed by atoms with E-state index in [1.807, 2.05) is 0 Å². The molecule has 4 unspecified atom stereocenters. The van der Waals surface area contributed by atoms with Crippen LogP contribution >= 0.6 is 11.8 Å². The predicted molar refractivity (Wildman–Crippen MR) is 51.3 cm³/mol.